The van der Waals surface area contributed by atoms with E-state index in [0.29, 0.717) is 22.9 Å². The van der Waals surface area contributed by atoms with Crippen LogP contribution >= 0.6 is 22.9 Å². The fourth-order valence-corrected chi connectivity index (χ4v) is 5.93. The Morgan fingerprint density at radius 1 is 0.900 bits per heavy atom. The fourth-order valence-electron chi connectivity index (χ4n) is 4.36. The molecule has 6 aromatic rings. The zero-order valence-electron chi connectivity index (χ0n) is 21.3. The number of amides is 1. The van der Waals surface area contributed by atoms with E-state index in [9.17, 15) is 9.59 Å². The molecule has 6 rings (SSSR count). The summed E-state index contributed by atoms with van der Waals surface area (Å²) < 4.78 is 6.16. The van der Waals surface area contributed by atoms with E-state index in [1.54, 1.807) is 24.5 Å². The van der Waals surface area contributed by atoms with Crippen molar-refractivity contribution in [3.05, 3.63) is 113 Å². The molecule has 10 heteroatoms. The highest BCUT2D eigenvalue weighted by Gasteiger charge is 2.17. The first-order valence-electron chi connectivity index (χ1n) is 12.7. The first-order valence-corrected chi connectivity index (χ1v) is 14.3. The van der Waals surface area contributed by atoms with Gasteiger partial charge in [-0.1, -0.05) is 36.4 Å². The van der Waals surface area contributed by atoms with E-state index in [0.717, 1.165) is 38.5 Å². The summed E-state index contributed by atoms with van der Waals surface area (Å²) in [6.45, 7) is 0.773. The van der Waals surface area contributed by atoms with Crippen molar-refractivity contribution in [1.29, 1.82) is 0 Å². The third-order valence-corrected chi connectivity index (χ3v) is 8.41. The molecule has 0 unspecified atom stereocenters. The van der Waals surface area contributed by atoms with Gasteiger partial charge in [0.25, 0.3) is 5.91 Å². The van der Waals surface area contributed by atoms with Gasteiger partial charge in [0.1, 0.15) is 0 Å². The van der Waals surface area contributed by atoms with Gasteiger partial charge in [0.05, 0.1) is 27.3 Å². The van der Waals surface area contributed by atoms with E-state index in [2.05, 4.69) is 20.0 Å². The third-order valence-electron chi connectivity index (χ3n) is 6.38. The maximum Gasteiger partial charge on any atom is 0.268 e. The van der Waals surface area contributed by atoms with E-state index < -0.39 is 0 Å². The maximum absolute atomic E-state index is 13.3. The molecule has 1 amide bonds. The number of imidazole rings is 1. The molecular formula is C30H24N6O2S2. The van der Waals surface area contributed by atoms with Gasteiger partial charge in [-0.25, -0.2) is 9.36 Å². The lowest BCUT2D eigenvalue weighted by molar-refractivity contribution is 0.100. The number of anilines is 2. The predicted octanol–water partition coefficient (Wildman–Crippen LogP) is 6.41. The zero-order chi connectivity index (χ0) is 27.3. The molecule has 0 bridgehead atoms. The summed E-state index contributed by atoms with van der Waals surface area (Å²) in [5.41, 5.74) is 4.13. The Morgan fingerprint density at radius 3 is 2.60 bits per heavy atom. The number of aromatic nitrogens is 4. The van der Waals surface area contributed by atoms with Gasteiger partial charge in [0, 0.05) is 41.3 Å². The average molecular weight is 565 g/mol. The molecule has 40 heavy (non-hydrogen) atoms. The monoisotopic (exact) mass is 564 g/mol. The number of Topliss-reactive ketones (excluding diaryl/α,β-unsaturated/α-hetero) is 1. The van der Waals surface area contributed by atoms with Crippen LogP contribution in [0.2, 0.25) is 0 Å². The molecule has 8 nitrogen and oxygen atoms in total. The van der Waals surface area contributed by atoms with Crippen molar-refractivity contribution in [1.82, 2.24) is 18.9 Å². The van der Waals surface area contributed by atoms with Crippen molar-refractivity contribution in [3.8, 4) is 9.75 Å². The van der Waals surface area contributed by atoms with Gasteiger partial charge in [-0.15, -0.1) is 11.3 Å². The number of thiophene rings is 1. The quantitative estimate of drug-likeness (QED) is 0.187. The molecule has 0 atom stereocenters. The number of nitrogens with one attached hydrogen (secondary N) is 2. The largest absolute Gasteiger partial charge is 0.378 e. The summed E-state index contributed by atoms with van der Waals surface area (Å²) in [5.74, 6) is 0.254. The topological polar surface area (TPSA) is 102 Å². The van der Waals surface area contributed by atoms with Crippen LogP contribution in [0, 0.1) is 0 Å². The number of hydrogen-bond donors (Lipinski definition) is 2. The van der Waals surface area contributed by atoms with Crippen LogP contribution in [-0.2, 0) is 13.0 Å². The van der Waals surface area contributed by atoms with Gasteiger partial charge >= 0.3 is 0 Å². The molecule has 0 saturated heterocycles. The van der Waals surface area contributed by atoms with Crippen LogP contribution in [0.15, 0.2) is 97.5 Å². The summed E-state index contributed by atoms with van der Waals surface area (Å²) in [4.78, 5) is 37.4. The number of pyridine rings is 1. The first kappa shape index (κ1) is 25.6. The number of fused-ring (bicyclic) bond motifs is 1. The molecule has 0 radical (unpaired) electrons. The van der Waals surface area contributed by atoms with E-state index in [1.807, 2.05) is 77.5 Å². The van der Waals surface area contributed by atoms with Crippen molar-refractivity contribution in [3.63, 3.8) is 0 Å². The molecule has 0 spiro atoms. The number of carbonyl (C=O) groups is 2. The Balaban J connectivity index is 1.25. The molecule has 4 heterocycles. The molecule has 2 N–H and O–H groups in total. The Labute approximate surface area is 238 Å². The van der Waals surface area contributed by atoms with Gasteiger partial charge in [0.15, 0.2) is 5.78 Å². The highest BCUT2D eigenvalue weighted by Crippen LogP contribution is 2.31. The van der Waals surface area contributed by atoms with E-state index in [-0.39, 0.29) is 18.2 Å². The molecule has 0 saturated carbocycles. The van der Waals surface area contributed by atoms with E-state index >= 15 is 0 Å². The zero-order valence-corrected chi connectivity index (χ0v) is 22.9. The Morgan fingerprint density at radius 2 is 1.80 bits per heavy atom. The number of hydrogen-bond acceptors (Lipinski definition) is 8. The summed E-state index contributed by atoms with van der Waals surface area (Å²) >= 11 is 2.82. The predicted molar refractivity (Wildman–Crippen MR) is 160 cm³/mol. The fraction of sp³-hybridized carbons (Fsp3) is 0.100. The molecule has 4 aromatic heterocycles. The number of rotatable bonds is 10. The summed E-state index contributed by atoms with van der Waals surface area (Å²) in [7, 11) is 0. The summed E-state index contributed by atoms with van der Waals surface area (Å²) in [5, 5.41) is 6.23. The summed E-state index contributed by atoms with van der Waals surface area (Å²) in [6, 6.07) is 24.6. The maximum atomic E-state index is 13.3. The lowest BCUT2D eigenvalue weighted by Gasteiger charge is -2.10. The van der Waals surface area contributed by atoms with Crippen LogP contribution < -0.4 is 10.6 Å². The molecule has 0 aliphatic heterocycles. The normalized spacial score (nSPS) is 11.0. The van der Waals surface area contributed by atoms with Gasteiger partial charge in [-0.05, 0) is 66.0 Å². The van der Waals surface area contributed by atoms with Crippen molar-refractivity contribution in [2.45, 2.75) is 13.0 Å². The van der Waals surface area contributed by atoms with Crippen LogP contribution in [0.3, 0.4) is 0 Å². The Bertz CT molecular complexity index is 1760. The second kappa shape index (κ2) is 11.6. The van der Waals surface area contributed by atoms with Gasteiger partial charge < -0.3 is 9.88 Å². The highest BCUT2D eigenvalue weighted by molar-refractivity contribution is 7.21. The van der Waals surface area contributed by atoms with Crippen LogP contribution in [0.4, 0.5) is 11.6 Å². The molecule has 198 valence electrons. The average Bonchev–Trinajstić information content (AvgIpc) is 3.76. The van der Waals surface area contributed by atoms with E-state index in [4.69, 9.17) is 4.98 Å². The summed E-state index contributed by atoms with van der Waals surface area (Å²) in [6.07, 6.45) is 6.07. The van der Waals surface area contributed by atoms with Gasteiger partial charge in [0.2, 0.25) is 5.95 Å². The van der Waals surface area contributed by atoms with Crippen LogP contribution in [0.1, 0.15) is 25.6 Å². The second-order valence-corrected chi connectivity index (χ2v) is 11.0. The lowest BCUT2D eigenvalue weighted by Crippen LogP contribution is -2.15. The standard InChI is InChI=1S/C30H24N6O2S2/c37-25(21-6-2-1-3-7-21)19-32-22-8-9-24-23(17-22)34-30(36(24)16-13-20-5-4-14-31-18-20)35-29(38)28-11-10-26(39-28)27-12-15-33-40-27/h1-12,14-15,17-18,32H,13,16,19H2,(H,34,35,38). The number of benzene rings is 2. The molecular weight excluding hydrogens is 541 g/mol. The molecule has 2 aromatic carbocycles. The number of nitrogens with zero attached hydrogens (tertiary/aromatic N) is 4. The molecule has 0 aliphatic rings. The van der Waals surface area contributed by atoms with Crippen molar-refractivity contribution >= 4 is 57.2 Å². The van der Waals surface area contributed by atoms with Gasteiger partial charge in [-0.3, -0.25) is 19.9 Å². The molecule has 0 fully saturated rings. The van der Waals surface area contributed by atoms with Crippen molar-refractivity contribution in [2.75, 3.05) is 17.2 Å². The number of aryl methyl sites for hydroxylation is 2. The number of carbonyl (C=O) groups excluding carboxylic acids is 2. The third kappa shape index (κ3) is 5.68. The number of ketones is 1. The molecule has 0 aliphatic carbocycles. The SMILES string of the molecule is O=C(CNc1ccc2c(c1)nc(NC(=O)c1ccc(-c3ccns3)s1)n2CCc1cccnc1)c1ccccc1. The minimum atomic E-state index is -0.217. The van der Waals surface area contributed by atoms with Crippen LogP contribution in [0.5, 0.6) is 0 Å². The minimum absolute atomic E-state index is 0.00398. The van der Waals surface area contributed by atoms with E-state index in [1.165, 1.54) is 22.9 Å². The van der Waals surface area contributed by atoms with Crippen LogP contribution in [-0.4, -0.2) is 37.1 Å². The van der Waals surface area contributed by atoms with Gasteiger partial charge in [-0.2, -0.15) is 0 Å². The second-order valence-electron chi connectivity index (χ2n) is 9.04. The minimum Gasteiger partial charge on any atom is -0.378 e. The Kier molecular flexibility index (Phi) is 7.43. The van der Waals surface area contributed by atoms with Crippen molar-refractivity contribution < 1.29 is 9.59 Å². The first-order chi connectivity index (χ1) is 19.6. The smallest absolute Gasteiger partial charge is 0.268 e. The Hall–Kier alpha value is -4.67. The highest BCUT2D eigenvalue weighted by atomic mass is 32.1. The van der Waals surface area contributed by atoms with Crippen molar-refractivity contribution in [2.24, 2.45) is 0 Å². The van der Waals surface area contributed by atoms with Crippen LogP contribution in [0.25, 0.3) is 20.8 Å². The lowest BCUT2D eigenvalue weighted by atomic mass is 10.1.